The number of carbonyl (C=O) groups is 1. The van der Waals surface area contributed by atoms with Crippen molar-refractivity contribution in [2.24, 2.45) is 0 Å². The van der Waals surface area contributed by atoms with Gasteiger partial charge in [0.1, 0.15) is 11.8 Å². The van der Waals surface area contributed by atoms with Gasteiger partial charge in [0.2, 0.25) is 5.91 Å². The van der Waals surface area contributed by atoms with E-state index in [1.165, 1.54) is 11.3 Å². The van der Waals surface area contributed by atoms with Gasteiger partial charge >= 0.3 is 0 Å². The average molecular weight is 460 g/mol. The Morgan fingerprint density at radius 1 is 1.06 bits per heavy atom. The maximum atomic E-state index is 13.7. The number of morpholine rings is 1. The first kappa shape index (κ1) is 23.8. The zero-order valence-corrected chi connectivity index (χ0v) is 20.2. The van der Waals surface area contributed by atoms with Crippen LogP contribution in [0, 0.1) is 6.92 Å². The average Bonchev–Trinajstić information content (AvgIpc) is 2.86. The van der Waals surface area contributed by atoms with Gasteiger partial charge in [-0.2, -0.15) is 0 Å². The van der Waals surface area contributed by atoms with Crippen LogP contribution in [-0.2, 0) is 16.1 Å². The molecule has 1 amide bonds. The molecule has 1 atom stereocenters. The molecule has 6 heteroatoms. The van der Waals surface area contributed by atoms with Gasteiger partial charge in [0.05, 0.1) is 26.0 Å². The summed E-state index contributed by atoms with van der Waals surface area (Å²) in [5.41, 5.74) is 5.06. The van der Waals surface area contributed by atoms with E-state index in [0.717, 1.165) is 37.4 Å². The highest BCUT2D eigenvalue weighted by atomic mass is 16.5. The number of benzene rings is 3. The van der Waals surface area contributed by atoms with E-state index in [1.54, 1.807) is 7.11 Å². The normalized spacial score (nSPS) is 14.6. The third-order valence-electron chi connectivity index (χ3n) is 6.18. The number of para-hydroxylation sites is 1. The number of amides is 1. The molecule has 4 rings (SSSR count). The maximum absolute atomic E-state index is 13.7. The smallest absolute Gasteiger partial charge is 0.246 e. The quantitative estimate of drug-likeness (QED) is 0.531. The summed E-state index contributed by atoms with van der Waals surface area (Å²) in [6.45, 7) is 5.84. The maximum Gasteiger partial charge on any atom is 0.246 e. The first-order valence-electron chi connectivity index (χ1n) is 11.7. The van der Waals surface area contributed by atoms with Crippen molar-refractivity contribution in [2.45, 2.75) is 19.5 Å². The van der Waals surface area contributed by atoms with E-state index in [2.05, 4.69) is 39.4 Å². The van der Waals surface area contributed by atoms with Gasteiger partial charge in [-0.1, -0.05) is 54.6 Å². The first-order valence-corrected chi connectivity index (χ1v) is 11.7. The molecule has 0 saturated carbocycles. The molecule has 6 nitrogen and oxygen atoms in total. The molecule has 0 bridgehead atoms. The number of likely N-dealkylation sites (N-methyl/N-ethyl adjacent to an activating group) is 1. The molecule has 1 heterocycles. The molecule has 0 aliphatic carbocycles. The number of anilines is 2. The van der Waals surface area contributed by atoms with Crippen LogP contribution in [0.4, 0.5) is 11.4 Å². The second-order valence-electron chi connectivity index (χ2n) is 8.65. The zero-order chi connectivity index (χ0) is 23.9. The second kappa shape index (κ2) is 11.2. The van der Waals surface area contributed by atoms with Crippen molar-refractivity contribution in [1.82, 2.24) is 4.90 Å². The van der Waals surface area contributed by atoms with Crippen molar-refractivity contribution < 1.29 is 14.3 Å². The summed E-state index contributed by atoms with van der Waals surface area (Å²) in [5.74, 6) is 0.549. The summed E-state index contributed by atoms with van der Waals surface area (Å²) in [4.78, 5) is 18.1. The van der Waals surface area contributed by atoms with Crippen LogP contribution in [0.25, 0.3) is 0 Å². The lowest BCUT2D eigenvalue weighted by Gasteiger charge is -2.33. The van der Waals surface area contributed by atoms with Gasteiger partial charge in [-0.25, -0.2) is 0 Å². The van der Waals surface area contributed by atoms with Gasteiger partial charge in [-0.05, 0) is 48.9 Å². The van der Waals surface area contributed by atoms with Crippen molar-refractivity contribution >= 4 is 17.3 Å². The molecule has 1 aliphatic rings. The zero-order valence-electron chi connectivity index (χ0n) is 20.2. The van der Waals surface area contributed by atoms with Crippen molar-refractivity contribution in [3.05, 3.63) is 89.5 Å². The van der Waals surface area contributed by atoms with Crippen LogP contribution in [0.15, 0.2) is 72.8 Å². The first-order chi connectivity index (χ1) is 16.6. The highest BCUT2D eigenvalue weighted by Gasteiger charge is 2.27. The van der Waals surface area contributed by atoms with E-state index >= 15 is 0 Å². The van der Waals surface area contributed by atoms with Gasteiger partial charge in [0.25, 0.3) is 0 Å². The van der Waals surface area contributed by atoms with Gasteiger partial charge in [-0.3, -0.25) is 9.69 Å². The third-order valence-corrected chi connectivity index (χ3v) is 6.18. The van der Waals surface area contributed by atoms with Gasteiger partial charge < -0.3 is 19.7 Å². The standard InChI is InChI=1S/C28H33N3O3/c1-21-13-14-26(33-3)24(19-21)29-28(32)27(22-9-5-4-6-10-22)30(2)20-23-11-7-8-12-25(23)31-15-17-34-18-16-31/h4-14,19,27H,15-18,20H2,1-3H3,(H,29,32)/t27-/m1/s1. The van der Waals surface area contributed by atoms with E-state index in [9.17, 15) is 4.79 Å². The number of rotatable bonds is 8. The molecule has 34 heavy (non-hydrogen) atoms. The fraction of sp³-hybridized carbons (Fsp3) is 0.321. The van der Waals surface area contributed by atoms with Crippen molar-refractivity contribution in [1.29, 1.82) is 0 Å². The minimum Gasteiger partial charge on any atom is -0.495 e. The summed E-state index contributed by atoms with van der Waals surface area (Å²) in [5, 5.41) is 3.11. The van der Waals surface area contributed by atoms with E-state index in [-0.39, 0.29) is 5.91 Å². The van der Waals surface area contributed by atoms with E-state index in [1.807, 2.05) is 62.5 Å². The Morgan fingerprint density at radius 3 is 2.50 bits per heavy atom. The molecule has 1 N–H and O–H groups in total. The number of nitrogens with zero attached hydrogens (tertiary/aromatic N) is 2. The molecule has 0 spiro atoms. The Labute approximate surface area is 202 Å². The molecule has 178 valence electrons. The number of aryl methyl sites for hydroxylation is 1. The number of nitrogens with one attached hydrogen (secondary N) is 1. The fourth-order valence-corrected chi connectivity index (χ4v) is 4.48. The molecular weight excluding hydrogens is 426 g/mol. The molecule has 0 aromatic heterocycles. The van der Waals surface area contributed by atoms with Crippen LogP contribution in [0.3, 0.4) is 0 Å². The van der Waals surface area contributed by atoms with Gasteiger partial charge in [-0.15, -0.1) is 0 Å². The molecule has 0 unspecified atom stereocenters. The van der Waals surface area contributed by atoms with Crippen LogP contribution in [-0.4, -0.2) is 51.3 Å². The largest absolute Gasteiger partial charge is 0.495 e. The lowest BCUT2D eigenvalue weighted by molar-refractivity contribution is -0.121. The van der Waals surface area contributed by atoms with Crippen LogP contribution in [0.2, 0.25) is 0 Å². The molecule has 3 aromatic rings. The summed E-state index contributed by atoms with van der Waals surface area (Å²) >= 11 is 0. The van der Waals surface area contributed by atoms with Crippen molar-refractivity contribution in [3.63, 3.8) is 0 Å². The highest BCUT2D eigenvalue weighted by molar-refractivity contribution is 5.96. The molecule has 1 fully saturated rings. The Bertz CT molecular complexity index is 1100. The number of ether oxygens (including phenoxy) is 2. The van der Waals surface area contributed by atoms with E-state index in [0.29, 0.717) is 18.0 Å². The van der Waals surface area contributed by atoms with Crippen LogP contribution in [0.5, 0.6) is 5.75 Å². The van der Waals surface area contributed by atoms with E-state index < -0.39 is 6.04 Å². The lowest BCUT2D eigenvalue weighted by Crippen LogP contribution is -2.38. The SMILES string of the molecule is COc1ccc(C)cc1NC(=O)[C@@H](c1ccccc1)N(C)Cc1ccccc1N1CCOCC1. The summed E-state index contributed by atoms with van der Waals surface area (Å²) in [6, 6.07) is 23.7. The third kappa shape index (κ3) is 5.58. The Hall–Kier alpha value is -3.35. The highest BCUT2D eigenvalue weighted by Crippen LogP contribution is 2.30. The van der Waals surface area contributed by atoms with Crippen molar-refractivity contribution in [2.75, 3.05) is 50.7 Å². The molecule has 1 saturated heterocycles. The monoisotopic (exact) mass is 459 g/mol. The number of hydrogen-bond donors (Lipinski definition) is 1. The summed E-state index contributed by atoms with van der Waals surface area (Å²) < 4.78 is 11.0. The number of carbonyl (C=O) groups excluding carboxylic acids is 1. The van der Waals surface area contributed by atoms with Crippen LogP contribution in [0.1, 0.15) is 22.7 Å². The molecular formula is C28H33N3O3. The van der Waals surface area contributed by atoms with Gasteiger partial charge in [0.15, 0.2) is 0 Å². The van der Waals surface area contributed by atoms with E-state index in [4.69, 9.17) is 9.47 Å². The summed E-state index contributed by atoms with van der Waals surface area (Å²) in [6.07, 6.45) is 0. The topological polar surface area (TPSA) is 54.0 Å². The minimum atomic E-state index is -0.468. The summed E-state index contributed by atoms with van der Waals surface area (Å²) in [7, 11) is 3.62. The fourth-order valence-electron chi connectivity index (χ4n) is 4.48. The number of methoxy groups -OCH3 is 1. The predicted molar refractivity (Wildman–Crippen MR) is 136 cm³/mol. The Morgan fingerprint density at radius 2 is 1.76 bits per heavy atom. The molecule has 0 radical (unpaired) electrons. The second-order valence-corrected chi connectivity index (χ2v) is 8.65. The van der Waals surface area contributed by atoms with Gasteiger partial charge in [0, 0.05) is 25.3 Å². The van der Waals surface area contributed by atoms with Crippen LogP contribution >= 0.6 is 0 Å². The lowest BCUT2D eigenvalue weighted by atomic mass is 10.0. The Balaban J connectivity index is 1.61. The molecule has 3 aromatic carbocycles. The van der Waals surface area contributed by atoms with Crippen LogP contribution < -0.4 is 15.0 Å². The number of hydrogen-bond acceptors (Lipinski definition) is 5. The van der Waals surface area contributed by atoms with Crippen molar-refractivity contribution in [3.8, 4) is 5.75 Å². The minimum absolute atomic E-state index is 0.0959. The Kier molecular flexibility index (Phi) is 7.83. The predicted octanol–water partition coefficient (Wildman–Crippen LogP) is 4.65. The molecule has 1 aliphatic heterocycles.